The van der Waals surface area contributed by atoms with Crippen LogP contribution in [0.4, 0.5) is 16.2 Å². The SMILES string of the molecule is C[C@@H]1CCCCO[C@@H](CN(C)C(=O)Nc2ccccc2)[C@@H](C)CN([C@H](C)CO)C(=O)c2cc(NS(=O)(=O)c3cn(C)cn3)ccc2O1. The lowest BCUT2D eigenvalue weighted by atomic mass is 10.0. The number of rotatable bonds is 8. The summed E-state index contributed by atoms with van der Waals surface area (Å²) < 4.78 is 42.7. The number of aromatic nitrogens is 2. The number of anilines is 2. The topological polar surface area (TPSA) is 155 Å². The minimum absolute atomic E-state index is 0.152. The van der Waals surface area contributed by atoms with E-state index in [2.05, 4.69) is 15.0 Å². The largest absolute Gasteiger partial charge is 0.490 e. The van der Waals surface area contributed by atoms with Crippen LogP contribution in [0, 0.1) is 5.92 Å². The number of urea groups is 1. The standard InChI is InChI=1S/C33H46N6O7S/c1-23-18-39(24(2)21-40)32(41)28-17-27(36-47(43,44)31-20-37(4)22-34-31)14-15-29(28)46-25(3)11-9-10-16-45-30(23)19-38(5)33(42)35-26-12-7-6-8-13-26/h6-8,12-15,17,20,22-25,30,36,40H,9-11,16,18-19,21H2,1-5H3,(H,35,42)/t23-,24+,25+,30-/m0/s1. The number of benzene rings is 2. The summed E-state index contributed by atoms with van der Waals surface area (Å²) in [6, 6.07) is 12.9. The van der Waals surface area contributed by atoms with E-state index in [1.165, 1.54) is 23.2 Å². The maximum absolute atomic E-state index is 14.3. The molecule has 0 bridgehead atoms. The van der Waals surface area contributed by atoms with Crippen LogP contribution in [0.3, 0.4) is 0 Å². The van der Waals surface area contributed by atoms with E-state index in [4.69, 9.17) is 9.47 Å². The number of amides is 3. The molecule has 1 aromatic heterocycles. The number of hydrogen-bond donors (Lipinski definition) is 3. The van der Waals surface area contributed by atoms with Crippen molar-refractivity contribution in [3.05, 3.63) is 66.6 Å². The number of fused-ring (bicyclic) bond motifs is 1. The van der Waals surface area contributed by atoms with Crippen LogP contribution in [0.25, 0.3) is 0 Å². The Bertz CT molecular complexity index is 1600. The van der Waals surface area contributed by atoms with Crippen molar-refractivity contribution in [1.29, 1.82) is 0 Å². The summed E-state index contributed by atoms with van der Waals surface area (Å²) in [5.74, 6) is -0.379. The van der Waals surface area contributed by atoms with E-state index >= 15 is 0 Å². The van der Waals surface area contributed by atoms with Crippen molar-refractivity contribution in [2.75, 3.05) is 43.4 Å². The first kappa shape index (κ1) is 35.7. The van der Waals surface area contributed by atoms with Crippen LogP contribution in [-0.4, -0.2) is 96.4 Å². The monoisotopic (exact) mass is 670 g/mol. The highest BCUT2D eigenvalue weighted by Crippen LogP contribution is 2.29. The summed E-state index contributed by atoms with van der Waals surface area (Å²) in [7, 11) is -0.664. The van der Waals surface area contributed by atoms with Crippen molar-refractivity contribution in [3.63, 3.8) is 0 Å². The lowest BCUT2D eigenvalue weighted by Crippen LogP contribution is -2.48. The van der Waals surface area contributed by atoms with Crippen LogP contribution >= 0.6 is 0 Å². The van der Waals surface area contributed by atoms with Gasteiger partial charge in [-0.15, -0.1) is 0 Å². The predicted molar refractivity (Wildman–Crippen MR) is 179 cm³/mol. The number of aliphatic hydroxyl groups excluding tert-OH is 1. The number of imidazole rings is 1. The van der Waals surface area contributed by atoms with Gasteiger partial charge in [0.25, 0.3) is 15.9 Å². The fraction of sp³-hybridized carbons (Fsp3) is 0.485. The van der Waals surface area contributed by atoms with Crippen molar-refractivity contribution in [1.82, 2.24) is 19.4 Å². The van der Waals surface area contributed by atoms with Crippen LogP contribution in [0.2, 0.25) is 0 Å². The Balaban J connectivity index is 1.62. The lowest BCUT2D eigenvalue weighted by molar-refractivity contribution is -0.0115. The third-order valence-electron chi connectivity index (χ3n) is 8.09. The number of likely N-dealkylation sites (N-methyl/N-ethyl adjacent to an activating group) is 1. The minimum Gasteiger partial charge on any atom is -0.490 e. The zero-order chi connectivity index (χ0) is 34.1. The fourth-order valence-corrected chi connectivity index (χ4v) is 6.31. The van der Waals surface area contributed by atoms with E-state index in [1.807, 2.05) is 44.2 Å². The van der Waals surface area contributed by atoms with Crippen LogP contribution in [0.5, 0.6) is 5.75 Å². The summed E-state index contributed by atoms with van der Waals surface area (Å²) in [6.45, 7) is 6.22. The molecule has 256 valence electrons. The maximum atomic E-state index is 14.3. The molecular weight excluding hydrogens is 624 g/mol. The summed E-state index contributed by atoms with van der Waals surface area (Å²) in [5, 5.41) is 12.9. The lowest BCUT2D eigenvalue weighted by Gasteiger charge is -2.35. The Hall–Kier alpha value is -4.14. The average Bonchev–Trinajstić information content (AvgIpc) is 3.50. The molecule has 0 saturated heterocycles. The Kier molecular flexibility index (Phi) is 12.2. The molecule has 3 aromatic rings. The molecule has 0 saturated carbocycles. The zero-order valence-electron chi connectivity index (χ0n) is 27.6. The minimum atomic E-state index is -4.03. The van der Waals surface area contributed by atoms with Gasteiger partial charge in [0.05, 0.1) is 36.7 Å². The number of sulfonamides is 1. The van der Waals surface area contributed by atoms with E-state index in [1.54, 1.807) is 43.0 Å². The van der Waals surface area contributed by atoms with Crippen LogP contribution in [-0.2, 0) is 21.8 Å². The molecule has 2 heterocycles. The second-order valence-corrected chi connectivity index (χ2v) is 13.8. The van der Waals surface area contributed by atoms with Gasteiger partial charge >= 0.3 is 6.03 Å². The normalized spacial score (nSPS) is 20.3. The molecule has 4 rings (SSSR count). The number of carbonyl (C=O) groups is 2. The molecule has 3 N–H and O–H groups in total. The first-order chi connectivity index (χ1) is 22.4. The smallest absolute Gasteiger partial charge is 0.321 e. The molecule has 47 heavy (non-hydrogen) atoms. The molecule has 1 aliphatic rings. The number of hydrogen-bond acceptors (Lipinski definition) is 8. The van der Waals surface area contributed by atoms with E-state index in [-0.39, 0.29) is 54.0 Å². The van der Waals surface area contributed by atoms with Gasteiger partial charge in [-0.25, -0.2) is 9.78 Å². The van der Waals surface area contributed by atoms with Crippen LogP contribution in [0.15, 0.2) is 66.1 Å². The Morgan fingerprint density at radius 2 is 1.89 bits per heavy atom. The van der Waals surface area contributed by atoms with Gasteiger partial charge in [-0.05, 0) is 63.4 Å². The summed E-state index contributed by atoms with van der Waals surface area (Å²) in [4.78, 5) is 34.4. The Morgan fingerprint density at radius 1 is 1.15 bits per heavy atom. The van der Waals surface area contributed by atoms with Crippen molar-refractivity contribution in [2.45, 2.75) is 63.3 Å². The maximum Gasteiger partial charge on any atom is 0.321 e. The van der Waals surface area contributed by atoms with Crippen molar-refractivity contribution >= 4 is 33.3 Å². The highest BCUT2D eigenvalue weighted by molar-refractivity contribution is 7.92. The third-order valence-corrected chi connectivity index (χ3v) is 9.35. The van der Waals surface area contributed by atoms with E-state index in [0.717, 1.165) is 12.8 Å². The third kappa shape index (κ3) is 9.69. The molecule has 4 atom stereocenters. The zero-order valence-corrected chi connectivity index (χ0v) is 28.4. The van der Waals surface area contributed by atoms with Crippen LogP contribution in [0.1, 0.15) is 50.4 Å². The molecule has 14 heteroatoms. The molecule has 13 nitrogen and oxygen atoms in total. The number of para-hydroxylation sites is 1. The van der Waals surface area contributed by atoms with Crippen molar-refractivity contribution in [2.24, 2.45) is 13.0 Å². The van der Waals surface area contributed by atoms with Gasteiger partial charge in [0, 0.05) is 57.3 Å². The average molecular weight is 671 g/mol. The first-order valence-corrected chi connectivity index (χ1v) is 17.3. The molecule has 0 aliphatic carbocycles. The van der Waals surface area contributed by atoms with Gasteiger partial charge < -0.3 is 34.3 Å². The number of ether oxygens (including phenoxy) is 2. The predicted octanol–water partition coefficient (Wildman–Crippen LogP) is 4.18. The first-order valence-electron chi connectivity index (χ1n) is 15.8. The fourth-order valence-electron chi connectivity index (χ4n) is 5.28. The van der Waals surface area contributed by atoms with Crippen molar-refractivity contribution < 1.29 is 32.6 Å². The summed E-state index contributed by atoms with van der Waals surface area (Å²) in [6.07, 6.45) is 4.38. The molecular formula is C33H46N6O7S. The number of nitrogens with one attached hydrogen (secondary N) is 2. The van der Waals surface area contributed by atoms with Gasteiger partial charge in [0.1, 0.15) is 5.75 Å². The van der Waals surface area contributed by atoms with Gasteiger partial charge in [-0.2, -0.15) is 8.42 Å². The van der Waals surface area contributed by atoms with E-state index in [0.29, 0.717) is 24.5 Å². The Morgan fingerprint density at radius 3 is 2.57 bits per heavy atom. The molecule has 0 fully saturated rings. The second kappa shape index (κ2) is 16.1. The van der Waals surface area contributed by atoms with E-state index < -0.39 is 28.1 Å². The van der Waals surface area contributed by atoms with Gasteiger partial charge in [-0.1, -0.05) is 25.1 Å². The van der Waals surface area contributed by atoms with Crippen LogP contribution < -0.4 is 14.8 Å². The van der Waals surface area contributed by atoms with Gasteiger partial charge in [0.15, 0.2) is 5.03 Å². The van der Waals surface area contributed by atoms with Crippen molar-refractivity contribution in [3.8, 4) is 5.75 Å². The molecule has 0 spiro atoms. The summed E-state index contributed by atoms with van der Waals surface area (Å²) in [5.41, 5.74) is 0.992. The number of aryl methyl sites for hydroxylation is 1. The number of nitrogens with zero attached hydrogens (tertiary/aromatic N) is 4. The highest BCUT2D eigenvalue weighted by atomic mass is 32.2. The quantitative estimate of drug-likeness (QED) is 0.323. The second-order valence-electron chi connectivity index (χ2n) is 12.2. The van der Waals surface area contributed by atoms with Gasteiger partial charge in [0.2, 0.25) is 0 Å². The van der Waals surface area contributed by atoms with E-state index in [9.17, 15) is 23.1 Å². The molecule has 2 aromatic carbocycles. The number of aliphatic hydroxyl groups is 1. The molecule has 3 amide bonds. The summed E-state index contributed by atoms with van der Waals surface area (Å²) >= 11 is 0. The Labute approximate surface area is 276 Å². The number of carbonyl (C=O) groups excluding carboxylic acids is 2. The molecule has 0 unspecified atom stereocenters. The highest BCUT2D eigenvalue weighted by Gasteiger charge is 2.31. The molecule has 1 aliphatic heterocycles. The molecule has 0 radical (unpaired) electrons. The van der Waals surface area contributed by atoms with Gasteiger partial charge in [-0.3, -0.25) is 9.52 Å².